The van der Waals surface area contributed by atoms with Crippen LogP contribution < -0.4 is 5.32 Å². The van der Waals surface area contributed by atoms with E-state index in [-0.39, 0.29) is 0 Å². The summed E-state index contributed by atoms with van der Waals surface area (Å²) in [6.45, 7) is 1.76. The predicted molar refractivity (Wildman–Crippen MR) is 59.0 cm³/mol. The second-order valence-corrected chi connectivity index (χ2v) is 3.55. The van der Waals surface area contributed by atoms with Gasteiger partial charge in [-0.3, -0.25) is 0 Å². The highest BCUT2D eigenvalue weighted by Crippen LogP contribution is 2.18. The van der Waals surface area contributed by atoms with Gasteiger partial charge in [0, 0.05) is 22.5 Å². The average Bonchev–Trinajstić information content (AvgIpc) is 2.03. The Kier molecular flexibility index (Phi) is 3.02. The van der Waals surface area contributed by atoms with Crippen molar-refractivity contribution in [3.63, 3.8) is 0 Å². The van der Waals surface area contributed by atoms with Crippen LogP contribution in [0.2, 0.25) is 0 Å². The number of anilines is 1. The maximum Gasteiger partial charge on any atom is 0.135 e. The molecule has 2 N–H and O–H groups in total. The number of pyridine rings is 1. The van der Waals surface area contributed by atoms with Gasteiger partial charge in [0.15, 0.2) is 0 Å². The number of hydrogen-bond acceptors (Lipinski definition) is 3. The molecule has 0 aromatic carbocycles. The van der Waals surface area contributed by atoms with Gasteiger partial charge >= 0.3 is 0 Å². The fourth-order valence-electron chi connectivity index (χ4n) is 0.985. The van der Waals surface area contributed by atoms with Crippen LogP contribution >= 0.6 is 22.6 Å². The Hall–Kier alpha value is -0.650. The van der Waals surface area contributed by atoms with Crippen molar-refractivity contribution >= 4 is 34.1 Å². The minimum atomic E-state index is 0.539. The molecule has 4 heteroatoms. The zero-order valence-electron chi connectivity index (χ0n) is 6.98. The lowest BCUT2D eigenvalue weighted by Gasteiger charge is -2.07. The molecule has 12 heavy (non-hydrogen) atoms. The molecular weight excluding hydrogens is 265 g/mol. The van der Waals surface area contributed by atoms with Crippen molar-refractivity contribution in [1.29, 1.82) is 5.41 Å². The summed E-state index contributed by atoms with van der Waals surface area (Å²) in [5, 5.41) is 10.5. The molecule has 0 bridgehead atoms. The lowest BCUT2D eigenvalue weighted by molar-refractivity contribution is 1.25. The number of rotatable bonds is 2. The second kappa shape index (κ2) is 3.84. The Morgan fingerprint density at radius 2 is 2.33 bits per heavy atom. The van der Waals surface area contributed by atoms with Gasteiger partial charge in [-0.15, -0.1) is 0 Å². The van der Waals surface area contributed by atoms with Crippen molar-refractivity contribution in [2.24, 2.45) is 0 Å². The Bertz CT molecular complexity index is 309. The minimum absolute atomic E-state index is 0.539. The van der Waals surface area contributed by atoms with Crippen molar-refractivity contribution in [1.82, 2.24) is 4.98 Å². The Morgan fingerprint density at radius 3 is 2.75 bits per heavy atom. The largest absolute Gasteiger partial charge is 0.373 e. The molecule has 0 saturated carbocycles. The minimum Gasteiger partial charge on any atom is -0.373 e. The van der Waals surface area contributed by atoms with Crippen LogP contribution in [0.3, 0.4) is 0 Å². The van der Waals surface area contributed by atoms with Crippen molar-refractivity contribution in [3.05, 3.63) is 21.4 Å². The first-order chi connectivity index (χ1) is 5.66. The summed E-state index contributed by atoms with van der Waals surface area (Å²) in [5.41, 5.74) is 1.43. The van der Waals surface area contributed by atoms with Gasteiger partial charge in [-0.2, -0.15) is 0 Å². The summed E-state index contributed by atoms with van der Waals surface area (Å²) in [7, 11) is 1.81. The lowest BCUT2D eigenvalue weighted by Crippen LogP contribution is -2.04. The van der Waals surface area contributed by atoms with E-state index in [1.807, 2.05) is 13.1 Å². The third-order valence-corrected chi connectivity index (χ3v) is 2.41. The molecule has 0 fully saturated rings. The summed E-state index contributed by atoms with van der Waals surface area (Å²) in [4.78, 5) is 4.12. The number of hydrogen-bond donors (Lipinski definition) is 2. The van der Waals surface area contributed by atoms with E-state index in [0.29, 0.717) is 5.71 Å². The van der Waals surface area contributed by atoms with E-state index in [4.69, 9.17) is 5.41 Å². The molecule has 0 saturated heterocycles. The van der Waals surface area contributed by atoms with E-state index in [0.717, 1.165) is 15.0 Å². The smallest absolute Gasteiger partial charge is 0.135 e. The summed E-state index contributed by atoms with van der Waals surface area (Å²) >= 11 is 2.20. The zero-order valence-corrected chi connectivity index (χ0v) is 9.14. The number of halogens is 1. The predicted octanol–water partition coefficient (Wildman–Crippen LogP) is 2.12. The fourth-order valence-corrected chi connectivity index (χ4v) is 1.81. The quantitative estimate of drug-likeness (QED) is 0.641. The number of nitrogens with zero attached hydrogens (tertiary/aromatic N) is 1. The molecule has 3 nitrogen and oxygen atoms in total. The summed E-state index contributed by atoms with van der Waals surface area (Å²) in [6.07, 6.45) is 1.74. The van der Waals surface area contributed by atoms with Crippen LogP contribution in [-0.2, 0) is 0 Å². The SMILES string of the molecule is CNc1nccc(I)c1C(C)=N. The van der Waals surface area contributed by atoms with E-state index in [9.17, 15) is 0 Å². The molecule has 0 aliphatic rings. The summed E-state index contributed by atoms with van der Waals surface area (Å²) < 4.78 is 1.06. The van der Waals surface area contributed by atoms with Crippen molar-refractivity contribution < 1.29 is 0 Å². The molecule has 0 amide bonds. The molecule has 0 spiro atoms. The van der Waals surface area contributed by atoms with Gasteiger partial charge in [0.25, 0.3) is 0 Å². The van der Waals surface area contributed by atoms with Crippen LogP contribution in [0.1, 0.15) is 12.5 Å². The molecular formula is C8H10IN3. The highest BCUT2D eigenvalue weighted by atomic mass is 127. The summed E-state index contributed by atoms with van der Waals surface area (Å²) in [5.74, 6) is 0.773. The molecule has 0 radical (unpaired) electrons. The highest BCUT2D eigenvalue weighted by Gasteiger charge is 2.07. The standard InChI is InChI=1S/C8H10IN3/c1-5(10)7-6(9)3-4-12-8(7)11-2/h3-4,10H,1-2H3,(H,11,12). The monoisotopic (exact) mass is 275 g/mol. The van der Waals surface area contributed by atoms with Gasteiger partial charge in [0.05, 0.1) is 5.56 Å². The van der Waals surface area contributed by atoms with E-state index < -0.39 is 0 Å². The first-order valence-electron chi connectivity index (χ1n) is 3.54. The van der Waals surface area contributed by atoms with Crippen molar-refractivity contribution in [2.75, 3.05) is 12.4 Å². The van der Waals surface area contributed by atoms with E-state index >= 15 is 0 Å². The number of nitrogens with one attached hydrogen (secondary N) is 2. The van der Waals surface area contributed by atoms with Gasteiger partial charge < -0.3 is 10.7 Å². The van der Waals surface area contributed by atoms with Crippen molar-refractivity contribution in [3.8, 4) is 0 Å². The lowest BCUT2D eigenvalue weighted by atomic mass is 10.2. The second-order valence-electron chi connectivity index (χ2n) is 2.39. The third-order valence-electron chi connectivity index (χ3n) is 1.51. The van der Waals surface area contributed by atoms with Gasteiger partial charge in [-0.25, -0.2) is 4.98 Å². The topological polar surface area (TPSA) is 48.8 Å². The van der Waals surface area contributed by atoms with Gasteiger partial charge in [0.1, 0.15) is 5.82 Å². The highest BCUT2D eigenvalue weighted by molar-refractivity contribution is 14.1. The molecule has 1 aromatic heterocycles. The van der Waals surface area contributed by atoms with Gasteiger partial charge in [0.2, 0.25) is 0 Å². The number of aromatic nitrogens is 1. The van der Waals surface area contributed by atoms with Crippen LogP contribution in [0, 0.1) is 8.98 Å². The molecule has 64 valence electrons. The van der Waals surface area contributed by atoms with Crippen LogP contribution in [0.5, 0.6) is 0 Å². The van der Waals surface area contributed by atoms with Gasteiger partial charge in [-0.05, 0) is 35.6 Å². The average molecular weight is 275 g/mol. The maximum atomic E-state index is 7.54. The summed E-state index contributed by atoms with van der Waals surface area (Å²) in [6, 6.07) is 1.90. The first-order valence-corrected chi connectivity index (χ1v) is 4.62. The van der Waals surface area contributed by atoms with Crippen LogP contribution in [0.4, 0.5) is 5.82 Å². The maximum absolute atomic E-state index is 7.54. The fraction of sp³-hybridized carbons (Fsp3) is 0.250. The Balaban J connectivity index is 3.29. The van der Waals surface area contributed by atoms with Crippen LogP contribution in [0.15, 0.2) is 12.3 Å². The Morgan fingerprint density at radius 1 is 1.67 bits per heavy atom. The van der Waals surface area contributed by atoms with E-state index in [1.54, 1.807) is 13.1 Å². The molecule has 0 unspecified atom stereocenters. The van der Waals surface area contributed by atoms with E-state index in [2.05, 4.69) is 32.9 Å². The zero-order chi connectivity index (χ0) is 9.14. The van der Waals surface area contributed by atoms with Crippen LogP contribution in [0.25, 0.3) is 0 Å². The Labute approximate surface area is 85.2 Å². The van der Waals surface area contributed by atoms with E-state index in [1.165, 1.54) is 0 Å². The molecule has 0 atom stereocenters. The third kappa shape index (κ3) is 1.74. The molecule has 1 rings (SSSR count). The van der Waals surface area contributed by atoms with Crippen molar-refractivity contribution in [2.45, 2.75) is 6.92 Å². The molecule has 1 aromatic rings. The molecule has 1 heterocycles. The normalized spacial score (nSPS) is 9.58. The van der Waals surface area contributed by atoms with Gasteiger partial charge in [-0.1, -0.05) is 0 Å². The molecule has 0 aliphatic heterocycles. The first kappa shape index (κ1) is 9.44. The van der Waals surface area contributed by atoms with Crippen LogP contribution in [-0.4, -0.2) is 17.7 Å². The molecule has 0 aliphatic carbocycles.